The molecular weight excluding hydrogens is 330 g/mol. The van der Waals surface area contributed by atoms with Gasteiger partial charge in [0.25, 0.3) is 0 Å². The molecule has 1 aliphatic heterocycles. The van der Waals surface area contributed by atoms with Crippen molar-refractivity contribution in [3.8, 4) is 21.9 Å². The highest BCUT2D eigenvalue weighted by Crippen LogP contribution is 2.48. The highest BCUT2D eigenvalue weighted by Gasteiger charge is 2.37. The van der Waals surface area contributed by atoms with Crippen LogP contribution in [0, 0.1) is 0 Å². The largest absolute Gasteiger partial charge is 0.504 e. The highest BCUT2D eigenvalue weighted by molar-refractivity contribution is 7.15. The molecule has 1 aliphatic carbocycles. The number of hydrogen-bond donors (Lipinski definition) is 3. The van der Waals surface area contributed by atoms with Gasteiger partial charge in [-0.25, -0.2) is 0 Å². The van der Waals surface area contributed by atoms with Gasteiger partial charge in [-0.2, -0.15) is 0 Å². The maximum Gasteiger partial charge on any atom is 0.157 e. The van der Waals surface area contributed by atoms with Crippen molar-refractivity contribution in [2.45, 2.75) is 31.3 Å². The lowest BCUT2D eigenvalue weighted by atomic mass is 9.75. The maximum atomic E-state index is 10.0. The lowest BCUT2D eigenvalue weighted by Crippen LogP contribution is -2.41. The molecule has 2 atom stereocenters. The maximum absolute atomic E-state index is 10.0. The van der Waals surface area contributed by atoms with Crippen LogP contribution < -0.4 is 5.32 Å². The van der Waals surface area contributed by atoms with Crippen molar-refractivity contribution < 1.29 is 10.2 Å². The Balaban J connectivity index is 1.65. The van der Waals surface area contributed by atoms with Gasteiger partial charge in [0.1, 0.15) is 0 Å². The van der Waals surface area contributed by atoms with Crippen molar-refractivity contribution in [1.82, 2.24) is 5.32 Å². The van der Waals surface area contributed by atoms with Gasteiger partial charge in [-0.15, -0.1) is 11.3 Å². The molecule has 4 heteroatoms. The second kappa shape index (κ2) is 5.61. The van der Waals surface area contributed by atoms with Crippen LogP contribution in [0.4, 0.5) is 0 Å². The van der Waals surface area contributed by atoms with Crippen LogP contribution in [0.3, 0.4) is 0 Å². The van der Waals surface area contributed by atoms with Crippen molar-refractivity contribution in [2.24, 2.45) is 0 Å². The van der Waals surface area contributed by atoms with Crippen LogP contribution in [0.1, 0.15) is 33.9 Å². The van der Waals surface area contributed by atoms with Gasteiger partial charge in [-0.05, 0) is 53.3 Å². The molecule has 1 aromatic heterocycles. The first-order valence-electron chi connectivity index (χ1n) is 8.67. The van der Waals surface area contributed by atoms with Crippen LogP contribution in [0.15, 0.2) is 48.5 Å². The lowest BCUT2D eigenvalue weighted by Gasteiger charge is -2.38. The molecule has 0 fully saturated rings. The standard InChI is InChI=1S/C21H19NO2S/c23-17-8-13-6-7-16-20(15(13)10-18(17)24)21-14(11-22-16)9-19(25-21)12-4-2-1-3-5-12/h1-5,8-10,16,20,22-24H,6-7,11H2/t16-,20-/m1/s1. The van der Waals surface area contributed by atoms with Crippen LogP contribution in [0.2, 0.25) is 0 Å². The topological polar surface area (TPSA) is 52.5 Å². The molecule has 0 radical (unpaired) electrons. The van der Waals surface area contributed by atoms with E-state index in [1.807, 2.05) is 17.4 Å². The number of thiophene rings is 1. The molecule has 25 heavy (non-hydrogen) atoms. The minimum Gasteiger partial charge on any atom is -0.504 e. The van der Waals surface area contributed by atoms with E-state index in [4.69, 9.17) is 0 Å². The van der Waals surface area contributed by atoms with Gasteiger partial charge in [0.2, 0.25) is 0 Å². The molecule has 126 valence electrons. The zero-order valence-electron chi connectivity index (χ0n) is 13.7. The zero-order chi connectivity index (χ0) is 17.0. The predicted molar refractivity (Wildman–Crippen MR) is 100 cm³/mol. The van der Waals surface area contributed by atoms with Gasteiger partial charge in [-0.1, -0.05) is 30.3 Å². The third-order valence-electron chi connectivity index (χ3n) is 5.44. The molecule has 0 bridgehead atoms. The van der Waals surface area contributed by atoms with E-state index in [-0.39, 0.29) is 17.4 Å². The number of fused-ring (bicyclic) bond motifs is 5. The Bertz CT molecular complexity index is 948. The summed E-state index contributed by atoms with van der Waals surface area (Å²) in [4.78, 5) is 2.69. The Morgan fingerprint density at radius 3 is 2.60 bits per heavy atom. The number of phenolic OH excluding ortho intramolecular Hbond substituents is 2. The van der Waals surface area contributed by atoms with Gasteiger partial charge in [-0.3, -0.25) is 0 Å². The first kappa shape index (κ1) is 15.0. The molecular formula is C21H19NO2S. The van der Waals surface area contributed by atoms with Gasteiger partial charge in [0.05, 0.1) is 0 Å². The Hall–Kier alpha value is -2.30. The van der Waals surface area contributed by atoms with Crippen molar-refractivity contribution in [2.75, 3.05) is 0 Å². The molecule has 0 amide bonds. The number of phenols is 2. The number of aromatic hydroxyl groups is 2. The van der Waals surface area contributed by atoms with Gasteiger partial charge in [0, 0.05) is 28.3 Å². The summed E-state index contributed by atoms with van der Waals surface area (Å²) in [5.41, 5.74) is 4.91. The third kappa shape index (κ3) is 2.36. The fraction of sp³-hybridized carbons (Fsp3) is 0.238. The fourth-order valence-electron chi connectivity index (χ4n) is 4.21. The van der Waals surface area contributed by atoms with Crippen LogP contribution in [0.25, 0.3) is 10.4 Å². The first-order chi connectivity index (χ1) is 12.2. The predicted octanol–water partition coefficient (Wildman–Crippen LogP) is 4.38. The summed E-state index contributed by atoms with van der Waals surface area (Å²) in [5.74, 6) is 0.213. The van der Waals surface area contributed by atoms with E-state index in [2.05, 4.69) is 35.6 Å². The molecule has 3 aromatic rings. The fourth-order valence-corrected chi connectivity index (χ4v) is 5.58. The van der Waals surface area contributed by atoms with Crippen LogP contribution in [0.5, 0.6) is 11.5 Å². The van der Waals surface area contributed by atoms with E-state index in [1.165, 1.54) is 20.9 Å². The smallest absolute Gasteiger partial charge is 0.157 e. The number of hydrogen-bond acceptors (Lipinski definition) is 4. The summed E-state index contributed by atoms with van der Waals surface area (Å²) >= 11 is 1.86. The normalized spacial score (nSPS) is 21.3. The van der Waals surface area contributed by atoms with E-state index in [0.717, 1.165) is 30.5 Å². The van der Waals surface area contributed by atoms with Gasteiger partial charge in [0.15, 0.2) is 11.5 Å². The summed E-state index contributed by atoms with van der Waals surface area (Å²) in [6.45, 7) is 0.902. The zero-order valence-corrected chi connectivity index (χ0v) is 14.5. The van der Waals surface area contributed by atoms with E-state index in [9.17, 15) is 10.2 Å². The molecule has 3 nitrogen and oxygen atoms in total. The number of benzene rings is 2. The van der Waals surface area contributed by atoms with Gasteiger partial charge < -0.3 is 15.5 Å². The SMILES string of the molecule is Oc1cc2c(cc1O)[C@H]1c3sc(-c4ccccc4)cc3CN[C@@H]1CC2. The highest BCUT2D eigenvalue weighted by atomic mass is 32.1. The summed E-state index contributed by atoms with van der Waals surface area (Å²) in [7, 11) is 0. The Labute approximate surface area is 150 Å². The van der Waals surface area contributed by atoms with E-state index < -0.39 is 0 Å². The second-order valence-corrected chi connectivity index (χ2v) is 7.99. The minimum atomic E-state index is -0.0219. The summed E-state index contributed by atoms with van der Waals surface area (Å²) in [6, 6.07) is 16.7. The molecule has 3 N–H and O–H groups in total. The molecule has 5 rings (SSSR count). The minimum absolute atomic E-state index is 0.0163. The van der Waals surface area contributed by atoms with Crippen LogP contribution in [-0.4, -0.2) is 16.3 Å². The van der Waals surface area contributed by atoms with Gasteiger partial charge >= 0.3 is 0 Å². The Kier molecular flexibility index (Phi) is 3.37. The number of rotatable bonds is 1. The monoisotopic (exact) mass is 349 g/mol. The van der Waals surface area contributed by atoms with Crippen LogP contribution in [-0.2, 0) is 13.0 Å². The number of nitrogens with one attached hydrogen (secondary N) is 1. The molecule has 2 heterocycles. The summed E-state index contributed by atoms with van der Waals surface area (Å²) in [5, 5.41) is 23.6. The average Bonchev–Trinajstić information content (AvgIpc) is 3.07. The molecule has 2 aromatic carbocycles. The molecule has 0 saturated carbocycles. The Morgan fingerprint density at radius 2 is 1.76 bits per heavy atom. The van der Waals surface area contributed by atoms with Crippen molar-refractivity contribution in [1.29, 1.82) is 0 Å². The molecule has 0 saturated heterocycles. The van der Waals surface area contributed by atoms with E-state index in [1.54, 1.807) is 12.1 Å². The molecule has 2 aliphatic rings. The molecule has 0 unspecified atom stereocenters. The summed E-state index contributed by atoms with van der Waals surface area (Å²) in [6.07, 6.45) is 1.99. The first-order valence-corrected chi connectivity index (χ1v) is 9.48. The summed E-state index contributed by atoms with van der Waals surface area (Å²) < 4.78 is 0. The average molecular weight is 349 g/mol. The van der Waals surface area contributed by atoms with Crippen molar-refractivity contribution in [3.05, 3.63) is 70.1 Å². The number of aryl methyl sites for hydroxylation is 1. The lowest BCUT2D eigenvalue weighted by molar-refractivity contribution is 0.383. The quantitative estimate of drug-likeness (QED) is 0.572. The van der Waals surface area contributed by atoms with Crippen LogP contribution >= 0.6 is 11.3 Å². The second-order valence-electron chi connectivity index (χ2n) is 6.91. The van der Waals surface area contributed by atoms with E-state index in [0.29, 0.717) is 6.04 Å². The molecule has 0 spiro atoms. The third-order valence-corrected chi connectivity index (χ3v) is 6.75. The van der Waals surface area contributed by atoms with Crippen molar-refractivity contribution in [3.63, 3.8) is 0 Å². The van der Waals surface area contributed by atoms with E-state index >= 15 is 0 Å². The van der Waals surface area contributed by atoms with Crippen molar-refractivity contribution >= 4 is 11.3 Å². The Morgan fingerprint density at radius 1 is 0.960 bits per heavy atom.